The zero-order valence-electron chi connectivity index (χ0n) is 14.5. The number of rotatable bonds is 7. The first-order valence-electron chi connectivity index (χ1n) is 8.14. The van der Waals surface area contributed by atoms with Gasteiger partial charge >= 0.3 is 6.18 Å². The predicted molar refractivity (Wildman–Crippen MR) is 93.6 cm³/mol. The fourth-order valence-electron chi connectivity index (χ4n) is 2.26. The molecule has 2 aromatic rings. The molecule has 0 atom stereocenters. The first-order chi connectivity index (χ1) is 12.3. The topological polar surface area (TPSA) is 35.5 Å². The van der Waals surface area contributed by atoms with Crippen molar-refractivity contribution in [2.24, 2.45) is 0 Å². The average molecular weight is 364 g/mol. The van der Waals surface area contributed by atoms with Gasteiger partial charge in [0.1, 0.15) is 0 Å². The van der Waals surface area contributed by atoms with Crippen LogP contribution in [0, 0.1) is 0 Å². The largest absolute Gasteiger partial charge is 0.490 e. The van der Waals surface area contributed by atoms with Crippen LogP contribution in [-0.2, 0) is 6.18 Å². The number of ether oxygens (including phenoxy) is 2. The fourth-order valence-corrected chi connectivity index (χ4v) is 2.26. The molecule has 6 heteroatoms. The zero-order valence-corrected chi connectivity index (χ0v) is 14.5. The highest BCUT2D eigenvalue weighted by Crippen LogP contribution is 2.30. The third kappa shape index (κ3) is 5.12. The van der Waals surface area contributed by atoms with E-state index in [-0.39, 0.29) is 11.3 Å². The van der Waals surface area contributed by atoms with Gasteiger partial charge in [-0.15, -0.1) is 0 Å². The molecule has 0 aliphatic carbocycles. The molecule has 138 valence electrons. The van der Waals surface area contributed by atoms with Gasteiger partial charge in [0, 0.05) is 5.56 Å². The van der Waals surface area contributed by atoms with Crippen LogP contribution in [-0.4, -0.2) is 19.0 Å². The Morgan fingerprint density at radius 3 is 2.15 bits per heavy atom. The van der Waals surface area contributed by atoms with E-state index in [0.29, 0.717) is 24.7 Å². The quantitative estimate of drug-likeness (QED) is 0.487. The predicted octanol–water partition coefficient (Wildman–Crippen LogP) is 5.40. The van der Waals surface area contributed by atoms with Crippen LogP contribution < -0.4 is 9.47 Å². The van der Waals surface area contributed by atoms with E-state index in [1.54, 1.807) is 24.3 Å². The summed E-state index contributed by atoms with van der Waals surface area (Å²) in [6, 6.07) is 9.38. The van der Waals surface area contributed by atoms with Crippen LogP contribution >= 0.6 is 0 Å². The second kappa shape index (κ2) is 8.56. The lowest BCUT2D eigenvalue weighted by molar-refractivity contribution is -0.137. The number of allylic oxidation sites excluding steroid dienone is 1. The minimum absolute atomic E-state index is 0.185. The van der Waals surface area contributed by atoms with Crippen molar-refractivity contribution in [1.29, 1.82) is 0 Å². The Morgan fingerprint density at radius 1 is 0.962 bits per heavy atom. The summed E-state index contributed by atoms with van der Waals surface area (Å²) in [6.45, 7) is 4.69. The monoisotopic (exact) mass is 364 g/mol. The Morgan fingerprint density at radius 2 is 1.58 bits per heavy atom. The Balaban J connectivity index is 2.15. The van der Waals surface area contributed by atoms with E-state index in [9.17, 15) is 18.0 Å². The first-order valence-corrected chi connectivity index (χ1v) is 8.14. The van der Waals surface area contributed by atoms with Crippen molar-refractivity contribution < 1.29 is 27.4 Å². The summed E-state index contributed by atoms with van der Waals surface area (Å²) in [7, 11) is 0. The maximum atomic E-state index is 12.6. The van der Waals surface area contributed by atoms with E-state index in [2.05, 4.69) is 0 Å². The van der Waals surface area contributed by atoms with Crippen LogP contribution in [0.1, 0.15) is 35.3 Å². The highest BCUT2D eigenvalue weighted by Gasteiger charge is 2.30. The SMILES string of the molecule is CCOc1ccc(/C=C/C(=O)c2ccc(C(F)(F)F)cc2)cc1OCC. The smallest absolute Gasteiger partial charge is 0.416 e. The van der Waals surface area contributed by atoms with Gasteiger partial charge in [-0.2, -0.15) is 13.2 Å². The molecule has 0 unspecified atom stereocenters. The molecule has 2 rings (SSSR count). The molecule has 0 amide bonds. The standard InChI is InChI=1S/C20H19F3O3/c1-3-25-18-12-6-14(13-19(18)26-4-2)5-11-17(24)15-7-9-16(10-8-15)20(21,22)23/h5-13H,3-4H2,1-2H3/b11-5+. The van der Waals surface area contributed by atoms with E-state index >= 15 is 0 Å². The molecule has 0 N–H and O–H groups in total. The van der Waals surface area contributed by atoms with Crippen LogP contribution in [0.3, 0.4) is 0 Å². The van der Waals surface area contributed by atoms with E-state index in [4.69, 9.17) is 9.47 Å². The second-order valence-electron chi connectivity index (χ2n) is 5.34. The van der Waals surface area contributed by atoms with Crippen LogP contribution in [0.5, 0.6) is 11.5 Å². The van der Waals surface area contributed by atoms with Gasteiger partial charge in [-0.1, -0.05) is 24.3 Å². The molecule has 3 nitrogen and oxygen atoms in total. The molecule has 0 bridgehead atoms. The molecule has 0 fully saturated rings. The summed E-state index contributed by atoms with van der Waals surface area (Å²) in [4.78, 5) is 12.1. The molecule has 0 saturated carbocycles. The number of benzene rings is 2. The number of halogens is 3. The summed E-state index contributed by atoms with van der Waals surface area (Å²) < 4.78 is 48.7. The highest BCUT2D eigenvalue weighted by atomic mass is 19.4. The normalized spacial score (nSPS) is 11.6. The fraction of sp³-hybridized carbons (Fsp3) is 0.250. The Kier molecular flexibility index (Phi) is 6.44. The van der Waals surface area contributed by atoms with Crippen LogP contribution in [0.25, 0.3) is 6.08 Å². The van der Waals surface area contributed by atoms with Gasteiger partial charge in [-0.3, -0.25) is 4.79 Å². The van der Waals surface area contributed by atoms with Crippen molar-refractivity contribution in [3.8, 4) is 11.5 Å². The van der Waals surface area contributed by atoms with Crippen LogP contribution in [0.15, 0.2) is 48.5 Å². The molecule has 0 heterocycles. The van der Waals surface area contributed by atoms with Crippen LogP contribution in [0.2, 0.25) is 0 Å². The van der Waals surface area contributed by atoms with Crippen molar-refractivity contribution in [1.82, 2.24) is 0 Å². The Labute approximate surface area is 150 Å². The van der Waals surface area contributed by atoms with Crippen molar-refractivity contribution >= 4 is 11.9 Å². The number of carbonyl (C=O) groups is 1. The Bertz CT molecular complexity index is 778. The third-order valence-electron chi connectivity index (χ3n) is 3.49. The lowest BCUT2D eigenvalue weighted by atomic mass is 10.1. The van der Waals surface area contributed by atoms with Crippen molar-refractivity contribution in [3.05, 3.63) is 65.2 Å². The molecular weight excluding hydrogens is 345 g/mol. The molecule has 0 aliphatic rings. The Hall–Kier alpha value is -2.76. The van der Waals surface area contributed by atoms with E-state index in [0.717, 1.165) is 17.7 Å². The lowest BCUT2D eigenvalue weighted by Gasteiger charge is -2.11. The number of carbonyl (C=O) groups excluding carboxylic acids is 1. The van der Waals surface area contributed by atoms with E-state index in [1.165, 1.54) is 18.2 Å². The van der Waals surface area contributed by atoms with Crippen molar-refractivity contribution in [2.75, 3.05) is 13.2 Å². The maximum Gasteiger partial charge on any atom is 0.416 e. The molecule has 0 radical (unpaired) electrons. The van der Waals surface area contributed by atoms with Gasteiger partial charge in [-0.05, 0) is 49.8 Å². The molecule has 0 saturated heterocycles. The van der Waals surface area contributed by atoms with Crippen molar-refractivity contribution in [2.45, 2.75) is 20.0 Å². The molecular formula is C20H19F3O3. The van der Waals surface area contributed by atoms with Crippen molar-refractivity contribution in [3.63, 3.8) is 0 Å². The number of alkyl halides is 3. The van der Waals surface area contributed by atoms with Gasteiger partial charge in [0.05, 0.1) is 18.8 Å². The van der Waals surface area contributed by atoms with Gasteiger partial charge in [0.2, 0.25) is 0 Å². The second-order valence-corrected chi connectivity index (χ2v) is 5.34. The lowest BCUT2D eigenvalue weighted by Crippen LogP contribution is -2.05. The molecule has 2 aromatic carbocycles. The minimum Gasteiger partial charge on any atom is -0.490 e. The van der Waals surface area contributed by atoms with Gasteiger partial charge in [-0.25, -0.2) is 0 Å². The summed E-state index contributed by atoms with van der Waals surface area (Å²) in [6.07, 6.45) is -1.53. The van der Waals surface area contributed by atoms with Gasteiger partial charge in [0.25, 0.3) is 0 Å². The highest BCUT2D eigenvalue weighted by molar-refractivity contribution is 6.06. The average Bonchev–Trinajstić information content (AvgIpc) is 2.61. The number of hydrogen-bond acceptors (Lipinski definition) is 3. The van der Waals surface area contributed by atoms with Crippen LogP contribution in [0.4, 0.5) is 13.2 Å². The first kappa shape index (κ1) is 19.6. The maximum absolute atomic E-state index is 12.6. The summed E-state index contributed by atoms with van der Waals surface area (Å²) in [5, 5.41) is 0. The van der Waals surface area contributed by atoms with Gasteiger partial charge in [0.15, 0.2) is 17.3 Å². The summed E-state index contributed by atoms with van der Waals surface area (Å²) in [5.41, 5.74) is 0.119. The molecule has 0 spiro atoms. The minimum atomic E-state index is -4.42. The summed E-state index contributed by atoms with van der Waals surface area (Å²) in [5.74, 6) is 0.796. The molecule has 0 aliphatic heterocycles. The third-order valence-corrected chi connectivity index (χ3v) is 3.49. The van der Waals surface area contributed by atoms with Gasteiger partial charge < -0.3 is 9.47 Å². The zero-order chi connectivity index (χ0) is 19.2. The molecule has 26 heavy (non-hydrogen) atoms. The van der Waals surface area contributed by atoms with E-state index < -0.39 is 11.7 Å². The number of hydrogen-bond donors (Lipinski definition) is 0. The summed E-state index contributed by atoms with van der Waals surface area (Å²) >= 11 is 0. The number of ketones is 1. The molecule has 0 aromatic heterocycles. The van der Waals surface area contributed by atoms with E-state index in [1.807, 2.05) is 13.8 Å².